The summed E-state index contributed by atoms with van der Waals surface area (Å²) in [6, 6.07) is 16.5. The summed E-state index contributed by atoms with van der Waals surface area (Å²) in [5.41, 5.74) is 6.28. The molecule has 0 saturated heterocycles. The molecule has 0 bridgehead atoms. The zero-order valence-electron chi connectivity index (χ0n) is 28.0. The van der Waals surface area contributed by atoms with E-state index in [-0.39, 0.29) is 11.8 Å². The Labute approximate surface area is 280 Å². The molecule has 0 aromatic heterocycles. The predicted molar refractivity (Wildman–Crippen MR) is 193 cm³/mol. The number of anilines is 2. The number of nitrogens with one attached hydrogen (secondary N) is 2. The number of allylic oxidation sites excluding steroid dienone is 1. The molecule has 4 nitrogen and oxygen atoms in total. The van der Waals surface area contributed by atoms with Crippen LogP contribution < -0.4 is 10.6 Å². The van der Waals surface area contributed by atoms with Gasteiger partial charge in [-0.2, -0.15) is 0 Å². The third-order valence-corrected chi connectivity index (χ3v) is 8.64. The van der Waals surface area contributed by atoms with Crippen LogP contribution in [0.15, 0.2) is 54.1 Å². The van der Waals surface area contributed by atoms with Crippen molar-refractivity contribution in [2.75, 3.05) is 10.6 Å². The van der Waals surface area contributed by atoms with E-state index >= 15 is 0 Å². The Kier molecular flexibility index (Phi) is 15.9. The van der Waals surface area contributed by atoms with Crippen LogP contribution in [0.1, 0.15) is 115 Å². The summed E-state index contributed by atoms with van der Waals surface area (Å²) >= 11 is 0. The van der Waals surface area contributed by atoms with Crippen molar-refractivity contribution >= 4 is 28.8 Å². The molecule has 0 spiro atoms. The van der Waals surface area contributed by atoms with E-state index in [0.29, 0.717) is 12.8 Å². The minimum Gasteiger partial charge on any atom is -0.326 e. The van der Waals surface area contributed by atoms with Crippen molar-refractivity contribution in [3.05, 3.63) is 128 Å². The Bertz CT molecular complexity index is 1130. The highest BCUT2D eigenvalue weighted by Crippen LogP contribution is 2.42. The summed E-state index contributed by atoms with van der Waals surface area (Å²) in [6.45, 7) is 4.41. The minimum absolute atomic E-state index is 0.0748. The van der Waals surface area contributed by atoms with E-state index in [2.05, 4.69) is 100 Å². The van der Waals surface area contributed by atoms with Crippen molar-refractivity contribution in [3.63, 3.8) is 0 Å². The second-order valence-corrected chi connectivity index (χ2v) is 12.4. The molecule has 2 saturated carbocycles. The molecule has 2 amide bonds. The molecule has 10 radical (unpaired) electrons. The van der Waals surface area contributed by atoms with Gasteiger partial charge in [0.1, 0.15) is 0 Å². The van der Waals surface area contributed by atoms with Gasteiger partial charge in [0.05, 0.1) is 0 Å². The highest BCUT2D eigenvalue weighted by molar-refractivity contribution is 5.93. The average molecular weight is 617 g/mol. The van der Waals surface area contributed by atoms with Crippen LogP contribution in [0, 0.1) is 63.2 Å². The van der Waals surface area contributed by atoms with Gasteiger partial charge in [0.2, 0.25) is 11.8 Å². The largest absolute Gasteiger partial charge is 0.326 e. The second-order valence-electron chi connectivity index (χ2n) is 12.4. The number of hydrogen-bond acceptors (Lipinski definition) is 2. The Balaban J connectivity index is 1.52. The summed E-state index contributed by atoms with van der Waals surface area (Å²) < 4.78 is 0. The fourth-order valence-electron chi connectivity index (χ4n) is 6.02. The molecule has 242 valence electrons. The first kappa shape index (κ1) is 36.0. The molecule has 46 heavy (non-hydrogen) atoms. The van der Waals surface area contributed by atoms with Gasteiger partial charge in [-0.05, 0) is 124 Å². The molecule has 2 aromatic carbocycles. The van der Waals surface area contributed by atoms with Crippen LogP contribution in [0.5, 0.6) is 0 Å². The average Bonchev–Trinajstić information content (AvgIpc) is 3.79. The Morgan fingerprint density at radius 2 is 0.957 bits per heavy atom. The van der Waals surface area contributed by atoms with Crippen LogP contribution in [0.3, 0.4) is 0 Å². The maximum Gasteiger partial charge on any atom is 0.224 e. The lowest BCUT2D eigenvalue weighted by molar-refractivity contribution is -0.117. The zero-order chi connectivity index (χ0) is 32.4. The SMILES string of the molecule is CCCCCCCC(=O)Nc1ccc(C(=C(CC[C]2[CH][CH][CH][CH]2)[C]2[CH][CH][CH][CH]2)c2ccc(NC(=O)CCCCCCC)cc2)cc1. The van der Waals surface area contributed by atoms with Gasteiger partial charge in [-0.3, -0.25) is 9.59 Å². The Hall–Kier alpha value is -2.88. The van der Waals surface area contributed by atoms with Crippen molar-refractivity contribution in [2.45, 2.75) is 104 Å². The van der Waals surface area contributed by atoms with Crippen LogP contribution in [-0.4, -0.2) is 11.8 Å². The minimum atomic E-state index is 0.0748. The van der Waals surface area contributed by atoms with Gasteiger partial charge in [-0.15, -0.1) is 0 Å². The van der Waals surface area contributed by atoms with Gasteiger partial charge >= 0.3 is 0 Å². The van der Waals surface area contributed by atoms with Crippen LogP contribution in [-0.2, 0) is 9.59 Å². The van der Waals surface area contributed by atoms with Gasteiger partial charge < -0.3 is 10.6 Å². The first-order chi connectivity index (χ1) is 22.6. The Morgan fingerprint density at radius 3 is 1.41 bits per heavy atom. The van der Waals surface area contributed by atoms with Gasteiger partial charge in [0.15, 0.2) is 0 Å². The molecule has 2 aliphatic carbocycles. The molecule has 4 rings (SSSR count). The van der Waals surface area contributed by atoms with E-state index < -0.39 is 0 Å². The quantitative estimate of drug-likeness (QED) is 0.145. The number of rotatable bonds is 20. The monoisotopic (exact) mass is 616 g/mol. The molecular formula is C42H52N2O2. The third kappa shape index (κ3) is 12.0. The van der Waals surface area contributed by atoms with E-state index in [4.69, 9.17) is 0 Å². The van der Waals surface area contributed by atoms with E-state index in [1.807, 2.05) is 24.3 Å². The molecule has 0 heterocycles. The van der Waals surface area contributed by atoms with Crippen molar-refractivity contribution in [3.8, 4) is 0 Å². The maximum absolute atomic E-state index is 12.6. The first-order valence-corrected chi connectivity index (χ1v) is 17.5. The lowest BCUT2D eigenvalue weighted by atomic mass is 9.82. The third-order valence-electron chi connectivity index (χ3n) is 8.64. The summed E-state index contributed by atoms with van der Waals surface area (Å²) in [6.07, 6.45) is 31.4. The Morgan fingerprint density at radius 1 is 0.522 bits per heavy atom. The number of hydrogen-bond donors (Lipinski definition) is 2. The molecule has 4 heteroatoms. The lowest BCUT2D eigenvalue weighted by Crippen LogP contribution is -2.11. The maximum atomic E-state index is 12.6. The van der Waals surface area contributed by atoms with Gasteiger partial charge in [-0.25, -0.2) is 0 Å². The zero-order valence-corrected chi connectivity index (χ0v) is 28.0. The normalized spacial score (nSPS) is 15.3. The molecule has 2 aliphatic rings. The van der Waals surface area contributed by atoms with Crippen molar-refractivity contribution in [1.29, 1.82) is 0 Å². The standard InChI is InChI=1S/C42H52N2O2/c1-3-5-7-9-11-21-40(45)43-37-28-24-35(25-29-37)42(39(34-19-15-16-20-34)32-23-33-17-13-14-18-33)36-26-30-38(31-27-36)44-41(46)22-12-10-8-6-4-2/h13-20,24-31H,3-12,21-23,32H2,1-2H3,(H,43,45)(H,44,46). The molecule has 0 atom stereocenters. The van der Waals surface area contributed by atoms with Crippen LogP contribution in [0.4, 0.5) is 11.4 Å². The van der Waals surface area contributed by atoms with Crippen LogP contribution in [0.2, 0.25) is 0 Å². The molecule has 0 aliphatic heterocycles. The van der Waals surface area contributed by atoms with E-state index in [1.165, 1.54) is 61.5 Å². The number of unbranched alkanes of at least 4 members (excludes halogenated alkanes) is 8. The number of benzene rings is 2. The van der Waals surface area contributed by atoms with Gasteiger partial charge in [0, 0.05) is 30.1 Å². The highest BCUT2D eigenvalue weighted by Gasteiger charge is 2.27. The first-order valence-electron chi connectivity index (χ1n) is 17.5. The van der Waals surface area contributed by atoms with Crippen molar-refractivity contribution in [2.24, 2.45) is 0 Å². The summed E-state index contributed by atoms with van der Waals surface area (Å²) in [7, 11) is 0. The van der Waals surface area contributed by atoms with E-state index in [9.17, 15) is 9.59 Å². The van der Waals surface area contributed by atoms with Crippen molar-refractivity contribution in [1.82, 2.24) is 0 Å². The lowest BCUT2D eigenvalue weighted by Gasteiger charge is -2.23. The van der Waals surface area contributed by atoms with Gasteiger partial charge in [0.25, 0.3) is 0 Å². The molecule has 2 N–H and O–H groups in total. The van der Waals surface area contributed by atoms with Crippen molar-refractivity contribution < 1.29 is 9.59 Å². The summed E-state index contributed by atoms with van der Waals surface area (Å²) in [5.74, 6) is 2.68. The summed E-state index contributed by atoms with van der Waals surface area (Å²) in [5, 5.41) is 6.19. The van der Waals surface area contributed by atoms with Gasteiger partial charge in [-0.1, -0.05) is 95.1 Å². The number of carbonyl (C=O) groups is 2. The smallest absolute Gasteiger partial charge is 0.224 e. The topological polar surface area (TPSA) is 58.2 Å². The van der Waals surface area contributed by atoms with Crippen LogP contribution in [0.25, 0.3) is 5.57 Å². The van der Waals surface area contributed by atoms with E-state index in [1.54, 1.807) is 0 Å². The fourth-order valence-corrected chi connectivity index (χ4v) is 6.02. The molecule has 2 fully saturated rings. The summed E-state index contributed by atoms with van der Waals surface area (Å²) in [4.78, 5) is 25.2. The number of carbonyl (C=O) groups excluding carboxylic acids is 2. The second kappa shape index (κ2) is 20.4. The highest BCUT2D eigenvalue weighted by atomic mass is 16.2. The number of amides is 2. The fraction of sp³-hybridized carbons (Fsp3) is 0.381. The molecular weight excluding hydrogens is 564 g/mol. The predicted octanol–water partition coefficient (Wildman–Crippen LogP) is 10.7. The molecule has 0 unspecified atom stereocenters. The molecule has 2 aromatic rings. The van der Waals surface area contributed by atoms with E-state index in [0.717, 1.165) is 61.0 Å². The van der Waals surface area contributed by atoms with Crippen LogP contribution >= 0.6 is 0 Å².